The maximum atomic E-state index is 12.1. The van der Waals surface area contributed by atoms with Crippen LogP contribution in [0.2, 0.25) is 6.32 Å². The minimum Gasteiger partial charge on any atom is -0.505 e. The summed E-state index contributed by atoms with van der Waals surface area (Å²) in [6.07, 6.45) is 4.32. The molecule has 8 heteroatoms. The van der Waals surface area contributed by atoms with Crippen LogP contribution in [0.25, 0.3) is 0 Å². The summed E-state index contributed by atoms with van der Waals surface area (Å²) in [7, 11) is 0.876. The molecule has 1 saturated heterocycles. The molecular formula is C26H30BNO6. The molecule has 7 nitrogen and oxygen atoms in total. The number of rotatable bonds is 8. The van der Waals surface area contributed by atoms with Crippen LogP contribution in [-0.2, 0) is 25.4 Å². The first-order chi connectivity index (χ1) is 16.3. The highest BCUT2D eigenvalue weighted by Crippen LogP contribution is 2.87. The van der Waals surface area contributed by atoms with E-state index in [9.17, 15) is 9.90 Å². The number of esters is 1. The van der Waals surface area contributed by atoms with Crippen LogP contribution in [0, 0.1) is 17.3 Å². The first-order valence-electron chi connectivity index (χ1n) is 12.1. The van der Waals surface area contributed by atoms with Gasteiger partial charge >= 0.3 is 13.1 Å². The number of hydrogen-bond acceptors (Lipinski definition) is 7. The Bertz CT molecular complexity index is 1130. The van der Waals surface area contributed by atoms with Gasteiger partial charge in [-0.1, -0.05) is 37.3 Å². The quantitative estimate of drug-likeness (QED) is 0.468. The molecule has 4 fully saturated rings. The number of fused-ring (bicyclic) bond motifs is 1. The lowest BCUT2D eigenvalue weighted by Crippen LogP contribution is -2.92. The summed E-state index contributed by atoms with van der Waals surface area (Å²) in [5.41, 5.74) is 1.36. The molecule has 5 unspecified atom stereocenters. The van der Waals surface area contributed by atoms with Gasteiger partial charge in [0.15, 0.2) is 11.4 Å². The highest BCUT2D eigenvalue weighted by Gasteiger charge is 2.93. The highest BCUT2D eigenvalue weighted by molar-refractivity contribution is 6.46. The topological polar surface area (TPSA) is 87.1 Å². The van der Waals surface area contributed by atoms with E-state index < -0.39 is 13.1 Å². The third-order valence-corrected chi connectivity index (χ3v) is 9.35. The first kappa shape index (κ1) is 22.1. The number of methoxy groups -OCH3 is 1. The van der Waals surface area contributed by atoms with E-state index in [1.165, 1.54) is 19.7 Å². The smallest absolute Gasteiger partial charge is 0.458 e. The molecule has 4 aliphatic rings. The number of ether oxygens (including phenoxy) is 2. The van der Waals surface area contributed by atoms with E-state index in [1.54, 1.807) is 6.07 Å². The van der Waals surface area contributed by atoms with Gasteiger partial charge in [-0.3, -0.25) is 0 Å². The van der Waals surface area contributed by atoms with Crippen molar-refractivity contribution < 1.29 is 28.7 Å². The van der Waals surface area contributed by atoms with Crippen molar-refractivity contribution in [3.05, 3.63) is 59.4 Å². The van der Waals surface area contributed by atoms with Gasteiger partial charge in [0.05, 0.1) is 31.5 Å². The molecule has 1 aromatic carbocycles. The monoisotopic (exact) mass is 463 g/mol. The minimum absolute atomic E-state index is 0.0978. The fourth-order valence-corrected chi connectivity index (χ4v) is 7.52. The van der Waals surface area contributed by atoms with Gasteiger partial charge in [0.25, 0.3) is 0 Å². The Morgan fingerprint density at radius 1 is 1.26 bits per heavy atom. The number of carbonyl (C=O) groups excluding carboxylic acids is 1. The molecule has 3 saturated carbocycles. The third kappa shape index (κ3) is 2.70. The molecule has 2 aromatic rings. The second-order valence-corrected chi connectivity index (χ2v) is 10.6. The predicted molar refractivity (Wildman–Crippen MR) is 124 cm³/mol. The summed E-state index contributed by atoms with van der Waals surface area (Å²) >= 11 is 0. The Morgan fingerprint density at radius 2 is 2.06 bits per heavy atom. The van der Waals surface area contributed by atoms with Crippen LogP contribution in [0.3, 0.4) is 0 Å². The van der Waals surface area contributed by atoms with Gasteiger partial charge in [0.2, 0.25) is 0 Å². The van der Waals surface area contributed by atoms with Crippen LogP contribution >= 0.6 is 0 Å². The molecule has 1 N–H and O–H groups in total. The fourth-order valence-electron chi connectivity index (χ4n) is 7.52. The van der Waals surface area contributed by atoms with Gasteiger partial charge in [-0.2, -0.15) is 0 Å². The zero-order chi connectivity index (χ0) is 23.7. The van der Waals surface area contributed by atoms with E-state index in [2.05, 4.69) is 18.8 Å². The van der Waals surface area contributed by atoms with Crippen LogP contribution in [0.4, 0.5) is 0 Å². The standard InChI is InChI=1S/C26H30BNO6/c1-24-18-11-20(24)25(2)26(24,12-18)34-27(33-25)13-17(15-32-14-16-7-5-4-6-8-16)19-9-10-28-21(22(19)29)23(30)31-3/h4-10,17-18,20,29H,11-15H2,1-3H3/t17?,18?,20?,24?,25-,26?/m0/s1. The lowest BCUT2D eigenvalue weighted by Gasteiger charge is -2.87. The maximum absolute atomic E-state index is 12.1. The van der Waals surface area contributed by atoms with E-state index in [0.717, 1.165) is 17.9 Å². The molecule has 6 atom stereocenters. The number of aromatic nitrogens is 1. The predicted octanol–water partition coefficient (Wildman–Crippen LogP) is 3.97. The summed E-state index contributed by atoms with van der Waals surface area (Å²) in [4.78, 5) is 16.1. The molecule has 3 aliphatic carbocycles. The van der Waals surface area contributed by atoms with E-state index in [-0.39, 0.29) is 34.0 Å². The Morgan fingerprint density at radius 3 is 2.74 bits per heavy atom. The molecule has 0 amide bonds. The number of hydrogen-bond donors (Lipinski definition) is 1. The first-order valence-corrected chi connectivity index (χ1v) is 12.1. The van der Waals surface area contributed by atoms with E-state index >= 15 is 0 Å². The van der Waals surface area contributed by atoms with Crippen molar-refractivity contribution >= 4 is 13.1 Å². The van der Waals surface area contributed by atoms with Gasteiger partial charge < -0.3 is 23.9 Å². The molecule has 1 spiro atoms. The number of aromatic hydroxyl groups is 1. The van der Waals surface area contributed by atoms with Crippen LogP contribution < -0.4 is 0 Å². The average molecular weight is 463 g/mol. The van der Waals surface area contributed by atoms with E-state index in [4.69, 9.17) is 18.8 Å². The minimum atomic E-state index is -0.675. The van der Waals surface area contributed by atoms with Gasteiger partial charge in [-0.05, 0) is 49.6 Å². The van der Waals surface area contributed by atoms with Crippen molar-refractivity contribution in [1.82, 2.24) is 4.98 Å². The Balaban J connectivity index is 1.23. The normalized spacial score (nSPS) is 35.3. The lowest BCUT2D eigenvalue weighted by atomic mass is 9.21. The van der Waals surface area contributed by atoms with Gasteiger partial charge in [0.1, 0.15) is 0 Å². The third-order valence-electron chi connectivity index (χ3n) is 9.35. The SMILES string of the molecule is COC(=O)c1nccc(C(COCc2ccccc2)CB2OC34CC5CC(C53C)[C@]4(C)O2)c1O. The number of nitrogens with zero attached hydrogens (tertiary/aromatic N) is 1. The van der Waals surface area contributed by atoms with Crippen molar-refractivity contribution in [3.63, 3.8) is 0 Å². The van der Waals surface area contributed by atoms with Gasteiger partial charge in [-0.15, -0.1) is 0 Å². The summed E-state index contributed by atoms with van der Waals surface area (Å²) in [6, 6.07) is 11.7. The summed E-state index contributed by atoms with van der Waals surface area (Å²) in [6.45, 7) is 5.34. The van der Waals surface area contributed by atoms with Gasteiger partial charge in [0, 0.05) is 23.1 Å². The van der Waals surface area contributed by atoms with Crippen LogP contribution in [0.15, 0.2) is 42.6 Å². The highest BCUT2D eigenvalue weighted by atomic mass is 16.7. The molecule has 1 aliphatic heterocycles. The molecule has 1 aromatic heterocycles. The van der Waals surface area contributed by atoms with Gasteiger partial charge in [-0.25, -0.2) is 9.78 Å². The summed E-state index contributed by atoms with van der Waals surface area (Å²) in [5.74, 6) is 0.204. The van der Waals surface area contributed by atoms with Crippen molar-refractivity contribution in [2.45, 2.75) is 56.7 Å². The summed E-state index contributed by atoms with van der Waals surface area (Å²) < 4.78 is 24.1. The van der Waals surface area contributed by atoms with E-state index in [0.29, 0.717) is 31.0 Å². The number of carbonyl (C=O) groups is 1. The van der Waals surface area contributed by atoms with Crippen molar-refractivity contribution in [2.75, 3.05) is 13.7 Å². The van der Waals surface area contributed by atoms with Crippen LogP contribution in [0.5, 0.6) is 5.75 Å². The number of benzene rings is 1. The van der Waals surface area contributed by atoms with E-state index in [1.807, 2.05) is 30.3 Å². The molecule has 178 valence electrons. The molecule has 0 radical (unpaired) electrons. The van der Waals surface area contributed by atoms with Crippen molar-refractivity contribution in [1.29, 1.82) is 0 Å². The van der Waals surface area contributed by atoms with Crippen molar-refractivity contribution in [2.24, 2.45) is 17.3 Å². The second kappa shape index (κ2) is 7.54. The Kier molecular flexibility index (Phi) is 4.90. The largest absolute Gasteiger partial charge is 0.505 e. The van der Waals surface area contributed by atoms with Crippen molar-refractivity contribution in [3.8, 4) is 5.75 Å². The number of pyridine rings is 1. The van der Waals surface area contributed by atoms with Crippen LogP contribution in [-0.4, -0.2) is 48.1 Å². The summed E-state index contributed by atoms with van der Waals surface area (Å²) in [5, 5.41) is 10.9. The van der Waals surface area contributed by atoms with Crippen LogP contribution in [0.1, 0.15) is 54.2 Å². The zero-order valence-electron chi connectivity index (χ0n) is 19.8. The maximum Gasteiger partial charge on any atom is 0.458 e. The molecular weight excluding hydrogens is 433 g/mol. The Hall–Kier alpha value is -2.42. The average Bonchev–Trinajstić information content (AvgIpc) is 3.15. The molecule has 0 bridgehead atoms. The fraction of sp³-hybridized carbons (Fsp3) is 0.538. The Labute approximate surface area is 199 Å². The second-order valence-electron chi connectivity index (χ2n) is 10.6. The molecule has 6 rings (SSSR count). The lowest BCUT2D eigenvalue weighted by molar-refractivity contribution is -0.429. The molecule has 2 heterocycles. The zero-order valence-corrected chi connectivity index (χ0v) is 19.8. The molecule has 34 heavy (non-hydrogen) atoms.